The van der Waals surface area contributed by atoms with Gasteiger partial charge in [-0.15, -0.1) is 0 Å². The fraction of sp³-hybridized carbons (Fsp3) is 0.545. The van der Waals surface area contributed by atoms with E-state index in [1.165, 1.54) is 31.5 Å². The molecule has 0 N–H and O–H groups in total. The summed E-state index contributed by atoms with van der Waals surface area (Å²) >= 11 is 5.98. The zero-order valence-electron chi connectivity index (χ0n) is 16.5. The van der Waals surface area contributed by atoms with E-state index < -0.39 is 0 Å². The summed E-state index contributed by atoms with van der Waals surface area (Å²) in [6.45, 7) is 6.02. The van der Waals surface area contributed by atoms with E-state index in [9.17, 15) is 0 Å². The van der Waals surface area contributed by atoms with E-state index in [2.05, 4.69) is 35.0 Å². The molecule has 5 heteroatoms. The van der Waals surface area contributed by atoms with Crippen molar-refractivity contribution < 1.29 is 9.15 Å². The Balaban J connectivity index is 1.42. The molecule has 0 radical (unpaired) electrons. The van der Waals surface area contributed by atoms with E-state index in [0.717, 1.165) is 48.5 Å². The summed E-state index contributed by atoms with van der Waals surface area (Å²) in [5, 5.41) is 0.811. The zero-order chi connectivity index (χ0) is 19.1. The van der Waals surface area contributed by atoms with Crippen molar-refractivity contribution in [1.82, 2.24) is 9.80 Å². The van der Waals surface area contributed by atoms with Crippen molar-refractivity contribution >= 4 is 11.6 Å². The average Bonchev–Trinajstić information content (AvgIpc) is 3.08. The van der Waals surface area contributed by atoms with Crippen molar-refractivity contribution in [1.29, 1.82) is 0 Å². The highest BCUT2D eigenvalue weighted by molar-refractivity contribution is 6.30. The molecule has 1 aliphatic rings. The molecule has 1 aromatic heterocycles. The Morgan fingerprint density at radius 2 is 1.96 bits per heavy atom. The average molecular weight is 391 g/mol. The molecular weight excluding hydrogens is 360 g/mol. The van der Waals surface area contributed by atoms with Crippen LogP contribution in [0.15, 0.2) is 40.8 Å². The number of methoxy groups -OCH3 is 1. The van der Waals surface area contributed by atoms with Gasteiger partial charge in [0.15, 0.2) is 0 Å². The van der Waals surface area contributed by atoms with E-state index in [1.807, 2.05) is 18.2 Å². The first-order valence-corrected chi connectivity index (χ1v) is 10.2. The van der Waals surface area contributed by atoms with Gasteiger partial charge in [-0.25, -0.2) is 0 Å². The van der Waals surface area contributed by atoms with Gasteiger partial charge in [-0.1, -0.05) is 23.7 Å². The normalized spacial score (nSPS) is 18.3. The Kier molecular flexibility index (Phi) is 7.77. The van der Waals surface area contributed by atoms with Crippen molar-refractivity contribution in [2.75, 3.05) is 40.3 Å². The van der Waals surface area contributed by atoms with Crippen molar-refractivity contribution in [2.45, 2.75) is 32.4 Å². The van der Waals surface area contributed by atoms with Gasteiger partial charge in [-0.05, 0) is 68.6 Å². The second-order valence-corrected chi connectivity index (χ2v) is 8.12. The molecule has 0 saturated carbocycles. The summed E-state index contributed by atoms with van der Waals surface area (Å²) in [7, 11) is 3.88. The molecule has 3 rings (SSSR count). The fourth-order valence-corrected chi connectivity index (χ4v) is 4.07. The maximum absolute atomic E-state index is 5.98. The van der Waals surface area contributed by atoms with E-state index in [0.29, 0.717) is 6.61 Å². The first kappa shape index (κ1) is 20.4. The largest absolute Gasteiger partial charge is 0.462 e. The van der Waals surface area contributed by atoms with Crippen molar-refractivity contribution in [2.24, 2.45) is 5.92 Å². The highest BCUT2D eigenvalue weighted by Gasteiger charge is 2.21. The summed E-state index contributed by atoms with van der Waals surface area (Å²) in [6, 6.07) is 12.3. The molecule has 1 aromatic carbocycles. The van der Waals surface area contributed by atoms with Crippen LogP contribution in [0, 0.1) is 5.92 Å². The van der Waals surface area contributed by atoms with E-state index in [-0.39, 0.29) is 0 Å². The van der Waals surface area contributed by atoms with Gasteiger partial charge in [0.25, 0.3) is 0 Å². The molecule has 0 unspecified atom stereocenters. The molecule has 0 spiro atoms. The summed E-state index contributed by atoms with van der Waals surface area (Å²) in [4.78, 5) is 4.99. The van der Waals surface area contributed by atoms with Gasteiger partial charge in [-0.3, -0.25) is 4.90 Å². The van der Waals surface area contributed by atoms with Crippen LogP contribution in [0.2, 0.25) is 5.02 Å². The summed E-state index contributed by atoms with van der Waals surface area (Å²) in [5.41, 5.74) is 1.36. The number of benzene rings is 1. The molecule has 2 aromatic rings. The van der Waals surface area contributed by atoms with Gasteiger partial charge in [0, 0.05) is 31.8 Å². The lowest BCUT2D eigenvalue weighted by molar-refractivity contribution is 0.136. The van der Waals surface area contributed by atoms with Crippen molar-refractivity contribution in [3.05, 3.63) is 58.5 Å². The Morgan fingerprint density at radius 3 is 2.74 bits per heavy atom. The number of nitrogens with zero attached hydrogens (tertiary/aromatic N) is 2. The number of halogens is 1. The predicted octanol–water partition coefficient (Wildman–Crippen LogP) is 4.47. The lowest BCUT2D eigenvalue weighted by atomic mass is 9.97. The lowest BCUT2D eigenvalue weighted by Crippen LogP contribution is -2.40. The minimum absolute atomic E-state index is 0.537. The molecule has 4 nitrogen and oxygen atoms in total. The van der Waals surface area contributed by atoms with E-state index in [4.69, 9.17) is 20.8 Å². The third-order valence-corrected chi connectivity index (χ3v) is 5.48. The smallest absolute Gasteiger partial charge is 0.129 e. The summed E-state index contributed by atoms with van der Waals surface area (Å²) in [6.07, 6.45) is 3.70. The first-order valence-electron chi connectivity index (χ1n) is 9.84. The second kappa shape index (κ2) is 10.3. The Hall–Kier alpha value is -1.33. The molecule has 1 fully saturated rings. The van der Waals surface area contributed by atoms with Gasteiger partial charge in [0.1, 0.15) is 18.1 Å². The molecule has 0 amide bonds. The SMILES string of the molecule is COCc1ccc(CN(C)C[C@H]2CCCN(CCc3ccc(Cl)cc3)C2)o1. The maximum atomic E-state index is 5.98. The Bertz CT molecular complexity index is 686. The first-order chi connectivity index (χ1) is 13.1. The van der Waals surface area contributed by atoms with Gasteiger partial charge in [0.2, 0.25) is 0 Å². The van der Waals surface area contributed by atoms with Crippen LogP contribution in [0.1, 0.15) is 29.9 Å². The third kappa shape index (κ3) is 6.65. The standard InChI is InChI=1S/C22H31ClN2O2/c1-24(16-21-9-10-22(27-21)17-26-2)14-19-4-3-12-25(15-19)13-11-18-5-7-20(23)8-6-18/h5-10,19H,3-4,11-17H2,1-2H3/t19-/m1/s1. The van der Waals surface area contributed by atoms with Crippen LogP contribution < -0.4 is 0 Å². The van der Waals surface area contributed by atoms with E-state index in [1.54, 1.807) is 7.11 Å². The molecule has 1 aliphatic heterocycles. The van der Waals surface area contributed by atoms with Gasteiger partial charge in [0.05, 0.1) is 6.54 Å². The molecular formula is C22H31ClN2O2. The second-order valence-electron chi connectivity index (χ2n) is 7.68. The number of rotatable bonds is 9. The highest BCUT2D eigenvalue weighted by atomic mass is 35.5. The van der Waals surface area contributed by atoms with Crippen LogP contribution in [0.25, 0.3) is 0 Å². The predicted molar refractivity (Wildman–Crippen MR) is 110 cm³/mol. The van der Waals surface area contributed by atoms with Gasteiger partial charge < -0.3 is 14.1 Å². The summed E-state index contributed by atoms with van der Waals surface area (Å²) < 4.78 is 10.9. The minimum Gasteiger partial charge on any atom is -0.462 e. The quantitative estimate of drug-likeness (QED) is 0.631. The number of furan rings is 1. The van der Waals surface area contributed by atoms with Crippen LogP contribution in [0.5, 0.6) is 0 Å². The minimum atomic E-state index is 0.537. The Labute approximate surface area is 168 Å². The van der Waals surface area contributed by atoms with Crippen LogP contribution in [0.3, 0.4) is 0 Å². The molecule has 0 aliphatic carbocycles. The topological polar surface area (TPSA) is 28.9 Å². The maximum Gasteiger partial charge on any atom is 0.129 e. The number of piperidine rings is 1. The van der Waals surface area contributed by atoms with Crippen LogP contribution in [-0.4, -0.2) is 50.1 Å². The van der Waals surface area contributed by atoms with Crippen molar-refractivity contribution in [3.8, 4) is 0 Å². The van der Waals surface area contributed by atoms with Crippen LogP contribution >= 0.6 is 11.6 Å². The fourth-order valence-electron chi connectivity index (χ4n) is 3.94. The Morgan fingerprint density at radius 1 is 1.19 bits per heavy atom. The van der Waals surface area contributed by atoms with Crippen LogP contribution in [-0.2, 0) is 24.3 Å². The zero-order valence-corrected chi connectivity index (χ0v) is 17.3. The molecule has 1 saturated heterocycles. The molecule has 27 heavy (non-hydrogen) atoms. The van der Waals surface area contributed by atoms with Crippen molar-refractivity contribution in [3.63, 3.8) is 0 Å². The highest BCUT2D eigenvalue weighted by Crippen LogP contribution is 2.19. The number of likely N-dealkylation sites (tertiary alicyclic amines) is 1. The number of ether oxygens (including phenoxy) is 1. The van der Waals surface area contributed by atoms with Gasteiger partial charge >= 0.3 is 0 Å². The number of hydrogen-bond donors (Lipinski definition) is 0. The molecule has 1 atom stereocenters. The third-order valence-electron chi connectivity index (χ3n) is 5.23. The lowest BCUT2D eigenvalue weighted by Gasteiger charge is -2.34. The van der Waals surface area contributed by atoms with Gasteiger partial charge in [-0.2, -0.15) is 0 Å². The van der Waals surface area contributed by atoms with E-state index >= 15 is 0 Å². The molecule has 2 heterocycles. The number of hydrogen-bond acceptors (Lipinski definition) is 4. The molecule has 0 bridgehead atoms. The summed E-state index contributed by atoms with van der Waals surface area (Å²) in [5.74, 6) is 2.63. The molecule has 148 valence electrons. The van der Waals surface area contributed by atoms with Crippen LogP contribution in [0.4, 0.5) is 0 Å². The monoisotopic (exact) mass is 390 g/mol.